The fraction of sp³-hybridized carbons (Fsp3) is 0.909. The highest BCUT2D eigenvalue weighted by molar-refractivity contribution is 5.71. The first-order valence-corrected chi connectivity index (χ1v) is 37.8. The molecule has 0 aromatic carbocycles. The number of hydrogen-bond donors (Lipinski definition) is 0. The molecular formula is C77H146O6. The summed E-state index contributed by atoms with van der Waals surface area (Å²) in [7, 11) is 0. The molecule has 0 fully saturated rings. The van der Waals surface area contributed by atoms with Crippen LogP contribution in [0.5, 0.6) is 0 Å². The molecule has 490 valence electrons. The molecule has 0 saturated carbocycles. The molecule has 0 aromatic rings. The maximum Gasteiger partial charge on any atom is 0.306 e. The lowest BCUT2D eigenvalue weighted by molar-refractivity contribution is -0.167. The van der Waals surface area contributed by atoms with Crippen molar-refractivity contribution < 1.29 is 28.6 Å². The summed E-state index contributed by atoms with van der Waals surface area (Å²) in [6.07, 6.45) is 89.6. The summed E-state index contributed by atoms with van der Waals surface area (Å²) < 4.78 is 17.0. The summed E-state index contributed by atoms with van der Waals surface area (Å²) in [5.74, 6) is -0.839. The molecule has 83 heavy (non-hydrogen) atoms. The van der Waals surface area contributed by atoms with Gasteiger partial charge >= 0.3 is 17.9 Å². The Kier molecular flexibility index (Phi) is 70.5. The van der Waals surface area contributed by atoms with Crippen molar-refractivity contribution in [2.45, 2.75) is 438 Å². The standard InChI is InChI=1S/C77H146O6/c1-4-7-10-13-16-19-22-24-26-28-30-32-33-34-35-36-37-38-39-40-41-42-43-45-46-48-50-52-55-58-61-64-67-70-76(79)82-73-74(72-81-75(78)69-66-63-60-57-54-21-18-15-12-9-6-3)83-77(80)71-68-65-62-59-56-53-51-49-47-44-31-29-27-25-23-20-17-14-11-8-5-2/h23,25,29,31,74H,4-22,24,26-28,30,32-73H2,1-3H3/b25-23-,31-29-. The topological polar surface area (TPSA) is 78.9 Å². The first-order valence-electron chi connectivity index (χ1n) is 37.8. The van der Waals surface area contributed by atoms with E-state index < -0.39 is 6.10 Å². The first-order chi connectivity index (χ1) is 41.0. The maximum atomic E-state index is 12.9. The van der Waals surface area contributed by atoms with Crippen molar-refractivity contribution in [3.63, 3.8) is 0 Å². The molecule has 0 rings (SSSR count). The zero-order valence-corrected chi connectivity index (χ0v) is 56.5. The van der Waals surface area contributed by atoms with E-state index in [1.807, 2.05) is 0 Å². The average Bonchev–Trinajstić information content (AvgIpc) is 3.48. The minimum atomic E-state index is -0.770. The van der Waals surface area contributed by atoms with Crippen LogP contribution in [0.1, 0.15) is 432 Å². The Bertz CT molecular complexity index is 1340. The van der Waals surface area contributed by atoms with E-state index in [1.165, 1.54) is 327 Å². The zero-order chi connectivity index (χ0) is 59.9. The molecule has 6 heteroatoms. The smallest absolute Gasteiger partial charge is 0.306 e. The molecule has 0 aliphatic heterocycles. The third kappa shape index (κ3) is 70.5. The highest BCUT2D eigenvalue weighted by Gasteiger charge is 2.20. The van der Waals surface area contributed by atoms with Crippen LogP contribution < -0.4 is 0 Å². The van der Waals surface area contributed by atoms with Gasteiger partial charge in [-0.1, -0.05) is 385 Å². The van der Waals surface area contributed by atoms with Crippen molar-refractivity contribution in [3.05, 3.63) is 24.3 Å². The minimum absolute atomic E-state index is 0.0666. The highest BCUT2D eigenvalue weighted by atomic mass is 16.6. The number of carbonyl (C=O) groups excluding carboxylic acids is 3. The Morgan fingerprint density at radius 3 is 0.663 bits per heavy atom. The van der Waals surface area contributed by atoms with Crippen LogP contribution in [-0.2, 0) is 28.6 Å². The number of allylic oxidation sites excluding steroid dienone is 4. The van der Waals surface area contributed by atoms with E-state index in [1.54, 1.807) is 0 Å². The van der Waals surface area contributed by atoms with Crippen molar-refractivity contribution >= 4 is 17.9 Å². The summed E-state index contributed by atoms with van der Waals surface area (Å²) in [6, 6.07) is 0. The fourth-order valence-corrected chi connectivity index (χ4v) is 11.8. The number of hydrogen-bond acceptors (Lipinski definition) is 6. The van der Waals surface area contributed by atoms with E-state index in [-0.39, 0.29) is 31.1 Å². The van der Waals surface area contributed by atoms with E-state index in [2.05, 4.69) is 45.1 Å². The first kappa shape index (κ1) is 80.9. The summed E-state index contributed by atoms with van der Waals surface area (Å²) in [6.45, 7) is 6.70. The summed E-state index contributed by atoms with van der Waals surface area (Å²) in [5.41, 5.74) is 0. The molecule has 1 unspecified atom stereocenters. The van der Waals surface area contributed by atoms with Gasteiger partial charge < -0.3 is 14.2 Å². The molecule has 0 heterocycles. The van der Waals surface area contributed by atoms with Crippen LogP contribution in [0.4, 0.5) is 0 Å². The Labute approximate surface area is 519 Å². The van der Waals surface area contributed by atoms with Gasteiger partial charge in [0.2, 0.25) is 0 Å². The van der Waals surface area contributed by atoms with Gasteiger partial charge in [0, 0.05) is 19.3 Å². The van der Waals surface area contributed by atoms with Gasteiger partial charge in [-0.25, -0.2) is 0 Å². The van der Waals surface area contributed by atoms with E-state index >= 15 is 0 Å². The van der Waals surface area contributed by atoms with Crippen LogP contribution in [0, 0.1) is 0 Å². The highest BCUT2D eigenvalue weighted by Crippen LogP contribution is 2.19. The molecule has 0 amide bonds. The SMILES string of the molecule is CCCCCCC/C=C\C/C=C\CCCCCCCCCCCC(=O)OC(COC(=O)CCCCCCCCCCCCC)COC(=O)CCCCCCCCCCCCCCCCCCCCCCCCCCCCCCCCCCC. The fourth-order valence-electron chi connectivity index (χ4n) is 11.8. The van der Waals surface area contributed by atoms with Crippen molar-refractivity contribution in [2.24, 2.45) is 0 Å². The van der Waals surface area contributed by atoms with Crippen LogP contribution in [0.25, 0.3) is 0 Å². The van der Waals surface area contributed by atoms with Gasteiger partial charge in [-0.2, -0.15) is 0 Å². The Morgan fingerprint density at radius 2 is 0.434 bits per heavy atom. The Hall–Kier alpha value is -2.11. The second-order valence-electron chi connectivity index (χ2n) is 25.9. The molecule has 1 atom stereocenters. The van der Waals surface area contributed by atoms with E-state index in [0.717, 1.165) is 64.2 Å². The average molecular weight is 1170 g/mol. The number of ether oxygens (including phenoxy) is 3. The Morgan fingerprint density at radius 1 is 0.241 bits per heavy atom. The quantitative estimate of drug-likeness (QED) is 0.0261. The number of unbranched alkanes of at least 4 members (excludes halogenated alkanes) is 56. The lowest BCUT2D eigenvalue weighted by Gasteiger charge is -2.18. The van der Waals surface area contributed by atoms with Crippen LogP contribution >= 0.6 is 0 Å². The summed E-state index contributed by atoms with van der Waals surface area (Å²) in [4.78, 5) is 38.4. The molecule has 0 radical (unpaired) electrons. The van der Waals surface area contributed by atoms with Crippen LogP contribution in [-0.4, -0.2) is 37.2 Å². The van der Waals surface area contributed by atoms with Gasteiger partial charge in [0.1, 0.15) is 13.2 Å². The van der Waals surface area contributed by atoms with Gasteiger partial charge in [0.15, 0.2) is 6.10 Å². The number of esters is 3. The summed E-state index contributed by atoms with van der Waals surface area (Å²) >= 11 is 0. The molecular weight excluding hydrogens is 1020 g/mol. The maximum absolute atomic E-state index is 12.9. The molecule has 0 saturated heterocycles. The third-order valence-electron chi connectivity index (χ3n) is 17.5. The monoisotopic (exact) mass is 1170 g/mol. The molecule has 0 aliphatic rings. The molecule has 0 aromatic heterocycles. The van der Waals surface area contributed by atoms with E-state index in [9.17, 15) is 14.4 Å². The largest absolute Gasteiger partial charge is 0.462 e. The number of carbonyl (C=O) groups is 3. The van der Waals surface area contributed by atoms with Gasteiger partial charge in [-0.05, 0) is 51.4 Å². The van der Waals surface area contributed by atoms with Gasteiger partial charge in [-0.3, -0.25) is 14.4 Å². The van der Waals surface area contributed by atoms with Crippen molar-refractivity contribution in [3.8, 4) is 0 Å². The van der Waals surface area contributed by atoms with Crippen molar-refractivity contribution in [1.82, 2.24) is 0 Å². The lowest BCUT2D eigenvalue weighted by atomic mass is 10.0. The predicted octanol–water partition coefficient (Wildman–Crippen LogP) is 26.1. The van der Waals surface area contributed by atoms with Gasteiger partial charge in [0.05, 0.1) is 0 Å². The van der Waals surface area contributed by atoms with E-state index in [0.29, 0.717) is 19.3 Å². The van der Waals surface area contributed by atoms with Crippen LogP contribution in [0.2, 0.25) is 0 Å². The Balaban J connectivity index is 4.07. The van der Waals surface area contributed by atoms with E-state index in [4.69, 9.17) is 14.2 Å². The van der Waals surface area contributed by atoms with Crippen molar-refractivity contribution in [1.29, 1.82) is 0 Å². The predicted molar refractivity (Wildman–Crippen MR) is 363 cm³/mol. The zero-order valence-electron chi connectivity index (χ0n) is 56.5. The number of rotatable bonds is 71. The molecule has 0 aliphatic carbocycles. The van der Waals surface area contributed by atoms with Crippen LogP contribution in [0.3, 0.4) is 0 Å². The minimum Gasteiger partial charge on any atom is -0.462 e. The normalized spacial score (nSPS) is 12.1. The molecule has 0 bridgehead atoms. The van der Waals surface area contributed by atoms with Gasteiger partial charge in [0.25, 0.3) is 0 Å². The lowest BCUT2D eigenvalue weighted by Crippen LogP contribution is -2.30. The molecule has 0 spiro atoms. The molecule has 0 N–H and O–H groups in total. The molecule has 6 nitrogen and oxygen atoms in total. The second-order valence-corrected chi connectivity index (χ2v) is 25.9. The van der Waals surface area contributed by atoms with Crippen LogP contribution in [0.15, 0.2) is 24.3 Å². The second kappa shape index (κ2) is 72.4. The van der Waals surface area contributed by atoms with Gasteiger partial charge in [-0.15, -0.1) is 0 Å². The summed E-state index contributed by atoms with van der Waals surface area (Å²) in [5, 5.41) is 0. The van der Waals surface area contributed by atoms with Crippen molar-refractivity contribution in [2.75, 3.05) is 13.2 Å². The third-order valence-corrected chi connectivity index (χ3v) is 17.5.